The maximum atomic E-state index is 13.3. The van der Waals surface area contributed by atoms with E-state index in [-0.39, 0.29) is 5.91 Å². The summed E-state index contributed by atoms with van der Waals surface area (Å²) in [6, 6.07) is 11.6. The normalized spacial score (nSPS) is 16.4. The number of anilines is 1. The van der Waals surface area contributed by atoms with Gasteiger partial charge in [-0.2, -0.15) is 0 Å². The number of hydrogen-bond acceptors (Lipinski definition) is 3. The summed E-state index contributed by atoms with van der Waals surface area (Å²) in [5.74, 6) is -0.226. The smallest absolute Gasteiger partial charge is 0.319 e. The molecule has 0 radical (unpaired) electrons. The number of carbonyl (C=O) groups excluding carboxylic acids is 2. The molecule has 1 atom stereocenters. The van der Waals surface area contributed by atoms with E-state index in [0.717, 1.165) is 0 Å². The van der Waals surface area contributed by atoms with Crippen molar-refractivity contribution in [3.8, 4) is 5.75 Å². The zero-order chi connectivity index (χ0) is 19.4. The summed E-state index contributed by atoms with van der Waals surface area (Å²) in [5, 5.41) is 8.16. The summed E-state index contributed by atoms with van der Waals surface area (Å²) in [6.45, 7) is 3.97. The van der Waals surface area contributed by atoms with Crippen LogP contribution in [0.4, 0.5) is 14.9 Å². The average molecular weight is 369 g/mol. The summed E-state index contributed by atoms with van der Waals surface area (Å²) in [5.41, 5.74) is 1.90. The minimum atomic E-state index is -0.696. The number of para-hydroxylation sites is 2. The Kier molecular flexibility index (Phi) is 5.40. The van der Waals surface area contributed by atoms with Crippen molar-refractivity contribution in [3.05, 3.63) is 71.2 Å². The van der Waals surface area contributed by atoms with Crippen LogP contribution in [0.3, 0.4) is 0 Å². The summed E-state index contributed by atoms with van der Waals surface area (Å²) < 4.78 is 18.8. The molecule has 2 aromatic carbocycles. The molecule has 140 valence electrons. The first kappa shape index (κ1) is 18.4. The van der Waals surface area contributed by atoms with Gasteiger partial charge in [-0.05, 0) is 43.7 Å². The Morgan fingerprint density at radius 3 is 2.59 bits per heavy atom. The number of amides is 3. The molecule has 1 heterocycles. The lowest BCUT2D eigenvalue weighted by Gasteiger charge is -2.28. The fourth-order valence-electron chi connectivity index (χ4n) is 2.94. The minimum absolute atomic E-state index is 0.340. The molecule has 0 bridgehead atoms. The van der Waals surface area contributed by atoms with Crippen LogP contribution in [0.1, 0.15) is 25.5 Å². The molecule has 3 rings (SSSR count). The van der Waals surface area contributed by atoms with Gasteiger partial charge in [0.25, 0.3) is 5.91 Å². The second kappa shape index (κ2) is 7.90. The summed E-state index contributed by atoms with van der Waals surface area (Å²) in [6.07, 6.45) is 0. The van der Waals surface area contributed by atoms with Crippen LogP contribution in [0.15, 0.2) is 59.8 Å². The van der Waals surface area contributed by atoms with E-state index in [2.05, 4.69) is 16.0 Å². The maximum absolute atomic E-state index is 13.3. The predicted octanol–water partition coefficient (Wildman–Crippen LogP) is 3.49. The van der Waals surface area contributed by atoms with Crippen molar-refractivity contribution in [1.82, 2.24) is 10.6 Å². The molecule has 6 nitrogen and oxygen atoms in total. The van der Waals surface area contributed by atoms with E-state index in [0.29, 0.717) is 34.9 Å². The van der Waals surface area contributed by atoms with Gasteiger partial charge in [0, 0.05) is 5.70 Å². The lowest BCUT2D eigenvalue weighted by molar-refractivity contribution is -0.113. The Labute approximate surface area is 156 Å². The molecular formula is C20H20FN3O3. The molecule has 0 saturated heterocycles. The summed E-state index contributed by atoms with van der Waals surface area (Å²) >= 11 is 0. The van der Waals surface area contributed by atoms with Crippen molar-refractivity contribution in [1.29, 1.82) is 0 Å². The second-order valence-electron chi connectivity index (χ2n) is 6.00. The molecule has 0 saturated carbocycles. The number of urea groups is 1. The number of hydrogen-bond donors (Lipinski definition) is 3. The van der Waals surface area contributed by atoms with Crippen LogP contribution in [-0.2, 0) is 4.79 Å². The van der Waals surface area contributed by atoms with Gasteiger partial charge in [0.15, 0.2) is 0 Å². The quantitative estimate of drug-likeness (QED) is 0.755. The first-order chi connectivity index (χ1) is 13.0. The summed E-state index contributed by atoms with van der Waals surface area (Å²) in [7, 11) is 0. The molecule has 27 heavy (non-hydrogen) atoms. The van der Waals surface area contributed by atoms with Gasteiger partial charge in [-0.25, -0.2) is 9.18 Å². The molecule has 0 aliphatic carbocycles. The van der Waals surface area contributed by atoms with Crippen molar-refractivity contribution in [2.24, 2.45) is 0 Å². The van der Waals surface area contributed by atoms with Crippen molar-refractivity contribution < 1.29 is 18.7 Å². The fraction of sp³-hybridized carbons (Fsp3) is 0.200. The number of benzene rings is 2. The van der Waals surface area contributed by atoms with Crippen molar-refractivity contribution in [2.75, 3.05) is 11.9 Å². The highest BCUT2D eigenvalue weighted by Crippen LogP contribution is 2.30. The Morgan fingerprint density at radius 2 is 1.89 bits per heavy atom. The Morgan fingerprint density at radius 1 is 1.19 bits per heavy atom. The molecule has 7 heteroatoms. The van der Waals surface area contributed by atoms with Gasteiger partial charge in [-0.1, -0.05) is 24.3 Å². The average Bonchev–Trinajstić information content (AvgIpc) is 2.63. The lowest BCUT2D eigenvalue weighted by Crippen LogP contribution is -2.46. The maximum Gasteiger partial charge on any atom is 0.319 e. The minimum Gasteiger partial charge on any atom is -0.492 e. The standard InChI is InChI=1S/C20H20FN3O3/c1-3-27-16-7-5-4-6-15(16)23-19(25)17-12(2)22-20(26)24-18(17)13-8-10-14(21)11-9-13/h4-11,18H,3H2,1-2H3,(H,23,25)(H2,22,24,26)/t18-/m0/s1. The predicted molar refractivity (Wildman–Crippen MR) is 99.7 cm³/mol. The van der Waals surface area contributed by atoms with Crippen LogP contribution < -0.4 is 20.7 Å². The van der Waals surface area contributed by atoms with E-state index in [1.807, 2.05) is 13.0 Å². The lowest BCUT2D eigenvalue weighted by atomic mass is 9.95. The van der Waals surface area contributed by atoms with E-state index < -0.39 is 17.9 Å². The van der Waals surface area contributed by atoms with Gasteiger partial charge in [0.1, 0.15) is 11.6 Å². The fourth-order valence-corrected chi connectivity index (χ4v) is 2.94. The monoisotopic (exact) mass is 369 g/mol. The highest BCUT2D eigenvalue weighted by atomic mass is 19.1. The highest BCUT2D eigenvalue weighted by Gasteiger charge is 2.31. The zero-order valence-electron chi connectivity index (χ0n) is 15.0. The van der Waals surface area contributed by atoms with Crippen LogP contribution in [0.2, 0.25) is 0 Å². The van der Waals surface area contributed by atoms with Crippen LogP contribution in [-0.4, -0.2) is 18.5 Å². The van der Waals surface area contributed by atoms with E-state index in [1.54, 1.807) is 37.3 Å². The van der Waals surface area contributed by atoms with Crippen molar-refractivity contribution in [2.45, 2.75) is 19.9 Å². The third kappa shape index (κ3) is 4.08. The molecule has 1 aliphatic heterocycles. The van der Waals surface area contributed by atoms with Gasteiger partial charge < -0.3 is 20.7 Å². The molecule has 3 N–H and O–H groups in total. The number of allylic oxidation sites excluding steroid dienone is 1. The molecule has 3 amide bonds. The van der Waals surface area contributed by atoms with Gasteiger partial charge >= 0.3 is 6.03 Å². The largest absolute Gasteiger partial charge is 0.492 e. The van der Waals surface area contributed by atoms with Crippen LogP contribution in [0.25, 0.3) is 0 Å². The molecular weight excluding hydrogens is 349 g/mol. The number of carbonyl (C=O) groups is 2. The van der Waals surface area contributed by atoms with E-state index >= 15 is 0 Å². The number of nitrogens with one attached hydrogen (secondary N) is 3. The molecule has 0 aromatic heterocycles. The summed E-state index contributed by atoms with van der Waals surface area (Å²) in [4.78, 5) is 24.9. The Hall–Kier alpha value is -3.35. The van der Waals surface area contributed by atoms with Gasteiger partial charge in [-0.15, -0.1) is 0 Å². The first-order valence-corrected chi connectivity index (χ1v) is 8.56. The van der Waals surface area contributed by atoms with E-state index in [9.17, 15) is 14.0 Å². The molecule has 1 aliphatic rings. The van der Waals surface area contributed by atoms with Crippen molar-refractivity contribution in [3.63, 3.8) is 0 Å². The SMILES string of the molecule is CCOc1ccccc1NC(=O)C1=C(C)NC(=O)N[C@H]1c1ccc(F)cc1. The third-order valence-electron chi connectivity index (χ3n) is 4.15. The zero-order valence-corrected chi connectivity index (χ0v) is 15.0. The first-order valence-electron chi connectivity index (χ1n) is 8.56. The third-order valence-corrected chi connectivity index (χ3v) is 4.15. The van der Waals surface area contributed by atoms with Crippen LogP contribution >= 0.6 is 0 Å². The van der Waals surface area contributed by atoms with Crippen LogP contribution in [0.5, 0.6) is 5.75 Å². The number of halogens is 1. The van der Waals surface area contributed by atoms with E-state index in [4.69, 9.17) is 4.74 Å². The number of ether oxygens (including phenoxy) is 1. The molecule has 0 unspecified atom stereocenters. The molecule has 2 aromatic rings. The van der Waals surface area contributed by atoms with Gasteiger partial charge in [0.05, 0.1) is 23.9 Å². The van der Waals surface area contributed by atoms with Crippen LogP contribution in [0, 0.1) is 5.82 Å². The van der Waals surface area contributed by atoms with Gasteiger partial charge in [-0.3, -0.25) is 4.79 Å². The van der Waals surface area contributed by atoms with Gasteiger partial charge in [0.2, 0.25) is 0 Å². The molecule has 0 fully saturated rings. The van der Waals surface area contributed by atoms with E-state index in [1.165, 1.54) is 12.1 Å². The second-order valence-corrected chi connectivity index (χ2v) is 6.00. The Balaban J connectivity index is 1.93. The number of rotatable bonds is 5. The molecule has 0 spiro atoms. The Bertz CT molecular complexity index is 894. The topological polar surface area (TPSA) is 79.5 Å². The van der Waals surface area contributed by atoms with Crippen molar-refractivity contribution >= 4 is 17.6 Å². The highest BCUT2D eigenvalue weighted by molar-refractivity contribution is 6.07.